The van der Waals surface area contributed by atoms with E-state index in [1.54, 1.807) is 30.7 Å². The van der Waals surface area contributed by atoms with Crippen molar-refractivity contribution < 1.29 is 0 Å². The average molecular weight is 210 g/mol. The zero-order chi connectivity index (χ0) is 11.2. The molecule has 2 rings (SSSR count). The molecule has 4 nitrogen and oxygen atoms in total. The number of rotatable bonds is 3. The Morgan fingerprint density at radius 1 is 1.31 bits per heavy atom. The molecule has 16 heavy (non-hydrogen) atoms. The van der Waals surface area contributed by atoms with Gasteiger partial charge in [-0.15, -0.1) is 0 Å². The normalized spacial score (nSPS) is 9.44. The van der Waals surface area contributed by atoms with Crippen molar-refractivity contribution in [1.82, 2.24) is 9.97 Å². The van der Waals surface area contributed by atoms with Gasteiger partial charge in [0.05, 0.1) is 11.6 Å². The largest absolute Gasteiger partial charge is 0.366 e. The number of pyridine rings is 2. The van der Waals surface area contributed by atoms with E-state index in [0.717, 1.165) is 5.56 Å². The summed E-state index contributed by atoms with van der Waals surface area (Å²) in [6.07, 6.45) is 5.14. The van der Waals surface area contributed by atoms with Gasteiger partial charge in [0.2, 0.25) is 0 Å². The van der Waals surface area contributed by atoms with Crippen LogP contribution in [0.1, 0.15) is 11.1 Å². The quantitative estimate of drug-likeness (QED) is 0.841. The molecule has 4 heteroatoms. The van der Waals surface area contributed by atoms with E-state index in [0.29, 0.717) is 17.9 Å². The van der Waals surface area contributed by atoms with Crippen molar-refractivity contribution in [3.63, 3.8) is 0 Å². The lowest BCUT2D eigenvalue weighted by Gasteiger charge is -2.04. The summed E-state index contributed by atoms with van der Waals surface area (Å²) in [5.41, 5.74) is 1.68. The van der Waals surface area contributed by atoms with Gasteiger partial charge in [0, 0.05) is 25.1 Å². The van der Waals surface area contributed by atoms with Crippen molar-refractivity contribution in [3.05, 3.63) is 54.0 Å². The van der Waals surface area contributed by atoms with E-state index in [9.17, 15) is 0 Å². The van der Waals surface area contributed by atoms with Crippen LogP contribution >= 0.6 is 0 Å². The summed E-state index contributed by atoms with van der Waals surface area (Å²) in [5, 5.41) is 11.9. The van der Waals surface area contributed by atoms with Crippen LogP contribution in [0.4, 0.5) is 5.82 Å². The van der Waals surface area contributed by atoms with Gasteiger partial charge in [-0.05, 0) is 23.8 Å². The Morgan fingerprint density at radius 3 is 3.00 bits per heavy atom. The fourth-order valence-electron chi connectivity index (χ4n) is 1.29. The molecule has 0 fully saturated rings. The first-order valence-electron chi connectivity index (χ1n) is 4.87. The number of nitriles is 1. The summed E-state index contributed by atoms with van der Waals surface area (Å²) in [6, 6.07) is 9.33. The third-order valence-electron chi connectivity index (χ3n) is 2.09. The molecule has 0 aliphatic rings. The minimum Gasteiger partial charge on any atom is -0.366 e. The van der Waals surface area contributed by atoms with Gasteiger partial charge in [-0.3, -0.25) is 4.98 Å². The van der Waals surface area contributed by atoms with Gasteiger partial charge in [-0.25, -0.2) is 4.98 Å². The average Bonchev–Trinajstić information content (AvgIpc) is 2.38. The smallest absolute Gasteiger partial charge is 0.127 e. The zero-order valence-corrected chi connectivity index (χ0v) is 8.59. The minimum atomic E-state index is 0.601. The van der Waals surface area contributed by atoms with E-state index >= 15 is 0 Å². The first kappa shape index (κ1) is 10.1. The maximum Gasteiger partial charge on any atom is 0.127 e. The van der Waals surface area contributed by atoms with Gasteiger partial charge < -0.3 is 5.32 Å². The highest BCUT2D eigenvalue weighted by molar-refractivity contribution is 5.42. The zero-order valence-electron chi connectivity index (χ0n) is 8.59. The van der Waals surface area contributed by atoms with Crippen LogP contribution in [-0.2, 0) is 6.54 Å². The molecular weight excluding hydrogens is 200 g/mol. The van der Waals surface area contributed by atoms with Crippen LogP contribution in [0, 0.1) is 11.3 Å². The van der Waals surface area contributed by atoms with E-state index in [1.807, 2.05) is 12.1 Å². The first-order chi connectivity index (χ1) is 7.88. The number of hydrogen-bond donors (Lipinski definition) is 1. The fraction of sp³-hybridized carbons (Fsp3) is 0.0833. The Balaban J connectivity index is 2.03. The van der Waals surface area contributed by atoms with Crippen molar-refractivity contribution in [3.8, 4) is 6.07 Å². The maximum atomic E-state index is 8.73. The summed E-state index contributed by atoms with van der Waals surface area (Å²) >= 11 is 0. The third kappa shape index (κ3) is 2.55. The molecule has 0 saturated carbocycles. The van der Waals surface area contributed by atoms with E-state index < -0.39 is 0 Å². The molecule has 2 aromatic heterocycles. The molecular formula is C12H10N4. The van der Waals surface area contributed by atoms with Crippen molar-refractivity contribution in [2.75, 3.05) is 5.32 Å². The van der Waals surface area contributed by atoms with Crippen LogP contribution in [0.3, 0.4) is 0 Å². The molecule has 0 amide bonds. The molecule has 0 atom stereocenters. The Bertz CT molecular complexity index is 502. The van der Waals surface area contributed by atoms with Crippen LogP contribution in [0.5, 0.6) is 0 Å². The Labute approximate surface area is 93.6 Å². The molecule has 78 valence electrons. The van der Waals surface area contributed by atoms with Crippen molar-refractivity contribution in [1.29, 1.82) is 5.26 Å². The second-order valence-electron chi connectivity index (χ2n) is 3.26. The van der Waals surface area contributed by atoms with E-state index in [-0.39, 0.29) is 0 Å². The summed E-state index contributed by atoms with van der Waals surface area (Å²) in [5.74, 6) is 0.697. The third-order valence-corrected chi connectivity index (χ3v) is 2.09. The fourth-order valence-corrected chi connectivity index (χ4v) is 1.29. The van der Waals surface area contributed by atoms with Crippen LogP contribution < -0.4 is 5.32 Å². The summed E-state index contributed by atoms with van der Waals surface area (Å²) in [7, 11) is 0. The lowest BCUT2D eigenvalue weighted by atomic mass is 10.2. The van der Waals surface area contributed by atoms with Crippen LogP contribution in [0.25, 0.3) is 0 Å². The van der Waals surface area contributed by atoms with Crippen molar-refractivity contribution in [2.45, 2.75) is 6.54 Å². The molecule has 0 saturated heterocycles. The molecule has 0 aliphatic heterocycles. The van der Waals surface area contributed by atoms with Crippen LogP contribution in [-0.4, -0.2) is 9.97 Å². The standard InChI is InChI=1S/C12H10N4/c13-7-10-3-5-15-12(6-10)16-9-11-2-1-4-14-8-11/h1-6,8H,9H2,(H,15,16). The van der Waals surface area contributed by atoms with Crippen LogP contribution in [0.15, 0.2) is 42.9 Å². The molecule has 0 aromatic carbocycles. The van der Waals surface area contributed by atoms with Gasteiger partial charge in [-0.1, -0.05) is 6.07 Å². The minimum absolute atomic E-state index is 0.601. The second-order valence-corrected chi connectivity index (χ2v) is 3.26. The van der Waals surface area contributed by atoms with Crippen molar-refractivity contribution >= 4 is 5.82 Å². The first-order valence-corrected chi connectivity index (χ1v) is 4.87. The second kappa shape index (κ2) is 4.89. The predicted octanol–water partition coefficient (Wildman–Crippen LogP) is 1.96. The van der Waals surface area contributed by atoms with Gasteiger partial charge in [0.15, 0.2) is 0 Å². The highest BCUT2D eigenvalue weighted by Crippen LogP contribution is 2.07. The highest BCUT2D eigenvalue weighted by atomic mass is 15.0. The molecule has 2 aromatic rings. The number of aromatic nitrogens is 2. The molecule has 0 spiro atoms. The monoisotopic (exact) mass is 210 g/mol. The predicted molar refractivity (Wildman–Crippen MR) is 60.5 cm³/mol. The SMILES string of the molecule is N#Cc1ccnc(NCc2cccnc2)c1. The van der Waals surface area contributed by atoms with E-state index in [2.05, 4.69) is 21.4 Å². The van der Waals surface area contributed by atoms with Gasteiger partial charge >= 0.3 is 0 Å². The number of nitrogens with one attached hydrogen (secondary N) is 1. The number of anilines is 1. The van der Waals surface area contributed by atoms with Crippen molar-refractivity contribution in [2.24, 2.45) is 0 Å². The summed E-state index contributed by atoms with van der Waals surface area (Å²) < 4.78 is 0. The molecule has 0 aliphatic carbocycles. The summed E-state index contributed by atoms with van der Waals surface area (Å²) in [4.78, 5) is 8.14. The van der Waals surface area contributed by atoms with Crippen LogP contribution in [0.2, 0.25) is 0 Å². The molecule has 0 bridgehead atoms. The Morgan fingerprint density at radius 2 is 2.25 bits per heavy atom. The lowest BCUT2D eigenvalue weighted by molar-refractivity contribution is 1.08. The maximum absolute atomic E-state index is 8.73. The van der Waals surface area contributed by atoms with Gasteiger partial charge in [0.1, 0.15) is 5.82 Å². The summed E-state index contributed by atoms with van der Waals surface area (Å²) in [6.45, 7) is 0.649. The van der Waals surface area contributed by atoms with E-state index in [1.165, 1.54) is 0 Å². The lowest BCUT2D eigenvalue weighted by Crippen LogP contribution is -2.01. The Kier molecular flexibility index (Phi) is 3.10. The Hall–Kier alpha value is -2.41. The van der Waals surface area contributed by atoms with E-state index in [4.69, 9.17) is 5.26 Å². The highest BCUT2D eigenvalue weighted by Gasteiger charge is 1.96. The number of hydrogen-bond acceptors (Lipinski definition) is 4. The molecule has 1 N–H and O–H groups in total. The molecule has 2 heterocycles. The molecule has 0 unspecified atom stereocenters. The van der Waals surface area contributed by atoms with Gasteiger partial charge in [-0.2, -0.15) is 5.26 Å². The van der Waals surface area contributed by atoms with Gasteiger partial charge in [0.25, 0.3) is 0 Å². The molecule has 0 radical (unpaired) electrons. The number of nitrogens with zero attached hydrogens (tertiary/aromatic N) is 3. The topological polar surface area (TPSA) is 61.6 Å².